The van der Waals surface area contributed by atoms with Crippen molar-refractivity contribution in [2.24, 2.45) is 0 Å². The van der Waals surface area contributed by atoms with E-state index in [1.54, 1.807) is 0 Å². The van der Waals surface area contributed by atoms with E-state index < -0.39 is 18.1 Å². The molecule has 1 aliphatic carbocycles. The SMILES string of the molecule is CCCCCCCCCCCCCCC(=O)NCCCC[C@H]([N]C(=O)OCC1c2ccccc2-c2ccccc21)C(=O)O. The Bertz CT molecular complexity index is 1090. The molecular formula is C36H51N2O5. The number of rotatable bonds is 22. The number of unbranched alkanes of at least 4 members (excludes halogenated alkanes) is 12. The van der Waals surface area contributed by atoms with E-state index in [4.69, 9.17) is 4.74 Å². The van der Waals surface area contributed by atoms with Gasteiger partial charge >= 0.3 is 12.1 Å². The van der Waals surface area contributed by atoms with Crippen molar-refractivity contribution in [3.8, 4) is 11.1 Å². The molecule has 7 heteroatoms. The first-order valence-corrected chi connectivity index (χ1v) is 16.6. The van der Waals surface area contributed by atoms with Crippen LogP contribution in [0.5, 0.6) is 0 Å². The molecule has 2 amide bonds. The van der Waals surface area contributed by atoms with E-state index in [-0.39, 0.29) is 24.9 Å². The largest absolute Gasteiger partial charge is 0.480 e. The van der Waals surface area contributed by atoms with Crippen LogP contribution in [-0.2, 0) is 14.3 Å². The second-order valence-corrected chi connectivity index (χ2v) is 11.8. The summed E-state index contributed by atoms with van der Waals surface area (Å²) in [5, 5.41) is 16.3. The number of hydrogen-bond donors (Lipinski definition) is 2. The van der Waals surface area contributed by atoms with Crippen LogP contribution in [-0.4, -0.2) is 42.3 Å². The van der Waals surface area contributed by atoms with Gasteiger partial charge in [-0.25, -0.2) is 9.59 Å². The lowest BCUT2D eigenvalue weighted by molar-refractivity contribution is -0.139. The van der Waals surface area contributed by atoms with Crippen LogP contribution in [0.15, 0.2) is 48.5 Å². The number of carbonyl (C=O) groups excluding carboxylic acids is 2. The molecular weight excluding hydrogens is 540 g/mol. The Kier molecular flexibility index (Phi) is 15.7. The number of hydrogen-bond acceptors (Lipinski definition) is 4. The van der Waals surface area contributed by atoms with E-state index in [1.165, 1.54) is 64.2 Å². The van der Waals surface area contributed by atoms with Crippen LogP contribution in [0.2, 0.25) is 0 Å². The molecule has 0 heterocycles. The smallest absolute Gasteiger partial charge is 0.429 e. The fraction of sp³-hybridized carbons (Fsp3) is 0.583. The molecule has 0 saturated heterocycles. The molecule has 3 rings (SSSR count). The average Bonchev–Trinajstić information content (AvgIpc) is 3.33. The first-order valence-electron chi connectivity index (χ1n) is 16.6. The lowest BCUT2D eigenvalue weighted by Gasteiger charge is -2.16. The minimum Gasteiger partial charge on any atom is -0.480 e. The minimum absolute atomic E-state index is 0.0465. The number of nitrogens with one attached hydrogen (secondary N) is 1. The van der Waals surface area contributed by atoms with Gasteiger partial charge in [0.15, 0.2) is 6.04 Å². The van der Waals surface area contributed by atoms with Crippen LogP contribution in [0.1, 0.15) is 127 Å². The van der Waals surface area contributed by atoms with E-state index in [0.29, 0.717) is 25.8 Å². The van der Waals surface area contributed by atoms with Crippen molar-refractivity contribution in [2.45, 2.75) is 122 Å². The van der Waals surface area contributed by atoms with Crippen molar-refractivity contribution >= 4 is 18.0 Å². The molecule has 0 aliphatic heterocycles. The zero-order valence-corrected chi connectivity index (χ0v) is 26.0. The molecule has 7 nitrogen and oxygen atoms in total. The summed E-state index contributed by atoms with van der Waals surface area (Å²) < 4.78 is 5.45. The van der Waals surface area contributed by atoms with Gasteiger partial charge in [-0.15, -0.1) is 0 Å². The number of carbonyl (C=O) groups is 3. The molecule has 235 valence electrons. The Hall–Kier alpha value is -3.35. The summed E-state index contributed by atoms with van der Waals surface area (Å²) in [4.78, 5) is 36.3. The summed E-state index contributed by atoms with van der Waals surface area (Å²) in [6.07, 6.45) is 16.2. The third-order valence-electron chi connectivity index (χ3n) is 8.37. The zero-order valence-electron chi connectivity index (χ0n) is 26.0. The molecule has 0 aromatic heterocycles. The molecule has 0 bridgehead atoms. The van der Waals surface area contributed by atoms with Crippen LogP contribution < -0.4 is 10.6 Å². The van der Waals surface area contributed by atoms with E-state index in [0.717, 1.165) is 35.1 Å². The summed E-state index contributed by atoms with van der Waals surface area (Å²) in [5.74, 6) is -1.21. The third-order valence-corrected chi connectivity index (χ3v) is 8.37. The van der Waals surface area contributed by atoms with Gasteiger partial charge < -0.3 is 15.2 Å². The lowest BCUT2D eigenvalue weighted by atomic mass is 9.98. The van der Waals surface area contributed by atoms with Gasteiger partial charge in [0.1, 0.15) is 6.61 Å². The summed E-state index contributed by atoms with van der Waals surface area (Å²) in [6.45, 7) is 2.85. The maximum absolute atomic E-state index is 12.5. The number of nitrogens with zero attached hydrogens (tertiary/aromatic N) is 1. The Labute approximate surface area is 258 Å². The maximum atomic E-state index is 12.5. The van der Waals surface area contributed by atoms with E-state index in [2.05, 4.69) is 29.7 Å². The zero-order chi connectivity index (χ0) is 30.7. The third kappa shape index (κ3) is 12.0. The maximum Gasteiger partial charge on any atom is 0.429 e. The number of ether oxygens (including phenoxy) is 1. The summed E-state index contributed by atoms with van der Waals surface area (Å²) in [5.41, 5.74) is 4.43. The van der Waals surface area contributed by atoms with Gasteiger partial charge in [0.2, 0.25) is 5.91 Å². The summed E-state index contributed by atoms with van der Waals surface area (Å²) >= 11 is 0. The van der Waals surface area contributed by atoms with Crippen molar-refractivity contribution in [1.29, 1.82) is 0 Å². The van der Waals surface area contributed by atoms with Crippen molar-refractivity contribution in [3.63, 3.8) is 0 Å². The number of fused-ring (bicyclic) bond motifs is 3. The highest BCUT2D eigenvalue weighted by Crippen LogP contribution is 2.44. The fourth-order valence-electron chi connectivity index (χ4n) is 5.91. The highest BCUT2D eigenvalue weighted by Gasteiger charge is 2.30. The van der Waals surface area contributed by atoms with Gasteiger partial charge in [-0.2, -0.15) is 5.32 Å². The van der Waals surface area contributed by atoms with Gasteiger partial charge in [0, 0.05) is 18.9 Å². The lowest BCUT2D eigenvalue weighted by Crippen LogP contribution is -2.36. The van der Waals surface area contributed by atoms with Crippen LogP contribution in [0.3, 0.4) is 0 Å². The summed E-state index contributed by atoms with van der Waals surface area (Å²) in [6, 6.07) is 14.9. The number of benzene rings is 2. The van der Waals surface area contributed by atoms with Crippen LogP contribution in [0, 0.1) is 0 Å². The average molecular weight is 592 g/mol. The fourth-order valence-corrected chi connectivity index (χ4v) is 5.91. The van der Waals surface area contributed by atoms with Crippen LogP contribution in [0.4, 0.5) is 4.79 Å². The molecule has 2 aromatic rings. The molecule has 0 saturated carbocycles. The Morgan fingerprint density at radius 1 is 0.767 bits per heavy atom. The molecule has 2 aromatic carbocycles. The van der Waals surface area contributed by atoms with Crippen molar-refractivity contribution in [2.75, 3.05) is 13.2 Å². The van der Waals surface area contributed by atoms with E-state index in [9.17, 15) is 19.5 Å². The molecule has 0 fully saturated rings. The van der Waals surface area contributed by atoms with Crippen molar-refractivity contribution in [3.05, 3.63) is 59.7 Å². The predicted octanol–water partition coefficient (Wildman–Crippen LogP) is 8.37. The number of aliphatic carboxylic acids is 1. The molecule has 1 aliphatic rings. The quantitative estimate of drug-likeness (QED) is 0.134. The van der Waals surface area contributed by atoms with Crippen LogP contribution in [0.25, 0.3) is 11.1 Å². The second-order valence-electron chi connectivity index (χ2n) is 11.8. The first-order chi connectivity index (χ1) is 21.0. The van der Waals surface area contributed by atoms with E-state index >= 15 is 0 Å². The Morgan fingerprint density at radius 2 is 1.30 bits per heavy atom. The molecule has 0 spiro atoms. The van der Waals surface area contributed by atoms with Crippen LogP contribution >= 0.6 is 0 Å². The molecule has 1 atom stereocenters. The van der Waals surface area contributed by atoms with Gasteiger partial charge in [0.25, 0.3) is 0 Å². The summed E-state index contributed by atoms with van der Waals surface area (Å²) in [7, 11) is 0. The van der Waals surface area contributed by atoms with Gasteiger partial charge in [-0.3, -0.25) is 4.79 Å². The number of carboxylic acids is 1. The highest BCUT2D eigenvalue weighted by atomic mass is 16.5. The normalized spacial score (nSPS) is 12.8. The van der Waals surface area contributed by atoms with Gasteiger partial charge in [-0.1, -0.05) is 126 Å². The van der Waals surface area contributed by atoms with Crippen molar-refractivity contribution < 1.29 is 24.2 Å². The minimum atomic E-state index is -1.16. The number of amides is 2. The molecule has 0 unspecified atom stereocenters. The molecule has 2 N–H and O–H groups in total. The van der Waals surface area contributed by atoms with Gasteiger partial charge in [0.05, 0.1) is 0 Å². The molecule has 1 radical (unpaired) electrons. The number of carboxylic acid groups (broad SMARTS) is 1. The molecule has 43 heavy (non-hydrogen) atoms. The van der Waals surface area contributed by atoms with Crippen molar-refractivity contribution in [1.82, 2.24) is 10.6 Å². The predicted molar refractivity (Wildman–Crippen MR) is 171 cm³/mol. The first kappa shape index (κ1) is 34.1. The Morgan fingerprint density at radius 3 is 1.86 bits per heavy atom. The topological polar surface area (TPSA) is 107 Å². The monoisotopic (exact) mass is 591 g/mol. The standard InChI is InChI=1S/C36H51N2O5/c1-2-3-4-5-6-7-8-9-10-11-12-13-25-34(39)37-26-19-18-24-33(35(40)41)38-36(42)43-27-32-30-22-16-14-20-28(30)29-21-15-17-23-31(29)32/h14-17,20-23,32-33H,2-13,18-19,24-27H2,1H3,(H,37,39)(H,40,41)/t33-/m0/s1. The second kappa shape index (κ2) is 19.8. The van der Waals surface area contributed by atoms with E-state index in [1.807, 2.05) is 36.4 Å². The van der Waals surface area contributed by atoms with Gasteiger partial charge in [-0.05, 0) is 47.9 Å². The Balaban J connectivity index is 1.22. The highest BCUT2D eigenvalue weighted by molar-refractivity contribution is 5.81.